The van der Waals surface area contributed by atoms with Crippen LogP contribution < -0.4 is 15.1 Å². The summed E-state index contributed by atoms with van der Waals surface area (Å²) in [6.45, 7) is 7.12. The minimum Gasteiger partial charge on any atom is -0.374 e. The Morgan fingerprint density at radius 1 is 0.897 bits per heavy atom. The zero-order valence-corrected chi connectivity index (χ0v) is 17.1. The first-order chi connectivity index (χ1) is 14.2. The third kappa shape index (κ3) is 4.78. The summed E-state index contributed by atoms with van der Waals surface area (Å²) in [5, 5.41) is 3.36. The first-order valence-electron chi connectivity index (χ1n) is 10.6. The van der Waals surface area contributed by atoms with Gasteiger partial charge in [-0.1, -0.05) is 0 Å². The smallest absolute Gasteiger partial charge is 0.244 e. The van der Waals surface area contributed by atoms with Crippen LogP contribution in [-0.4, -0.2) is 66.1 Å². The number of hydrogen-bond donors (Lipinski definition) is 1. The summed E-state index contributed by atoms with van der Waals surface area (Å²) < 4.78 is 0. The molecule has 1 aromatic carbocycles. The summed E-state index contributed by atoms with van der Waals surface area (Å²) in [7, 11) is 0. The molecule has 2 aliphatic heterocycles. The molecule has 2 aromatic rings. The van der Waals surface area contributed by atoms with Crippen molar-refractivity contribution < 1.29 is 4.79 Å². The maximum absolute atomic E-state index is 12.9. The minimum absolute atomic E-state index is 0.138. The fraction of sp³-hybridized carbons (Fsp3) is 0.500. The Kier molecular flexibility index (Phi) is 6.12. The van der Waals surface area contributed by atoms with Crippen molar-refractivity contribution in [2.75, 3.05) is 54.4 Å². The molecule has 0 radical (unpaired) electrons. The van der Waals surface area contributed by atoms with E-state index < -0.39 is 0 Å². The predicted octanol–water partition coefficient (Wildman–Crippen LogP) is 2.62. The van der Waals surface area contributed by atoms with E-state index in [0.29, 0.717) is 13.1 Å². The van der Waals surface area contributed by atoms with Gasteiger partial charge in [0, 0.05) is 63.0 Å². The van der Waals surface area contributed by atoms with Crippen molar-refractivity contribution in [3.63, 3.8) is 0 Å². The number of nitrogens with one attached hydrogen (secondary N) is 1. The van der Waals surface area contributed by atoms with Crippen LogP contribution in [0.4, 0.5) is 17.3 Å². The molecule has 3 heterocycles. The minimum atomic E-state index is -0.254. The van der Waals surface area contributed by atoms with Crippen molar-refractivity contribution >= 4 is 23.2 Å². The van der Waals surface area contributed by atoms with Crippen LogP contribution in [0.25, 0.3) is 0 Å². The molecule has 1 amide bonds. The number of carbonyl (C=O) groups is 1. The van der Waals surface area contributed by atoms with E-state index in [2.05, 4.69) is 49.4 Å². The number of amides is 1. The van der Waals surface area contributed by atoms with Crippen molar-refractivity contribution in [3.05, 3.63) is 42.7 Å². The highest BCUT2D eigenvalue weighted by Gasteiger charge is 2.25. The predicted molar refractivity (Wildman–Crippen MR) is 116 cm³/mol. The van der Waals surface area contributed by atoms with Crippen molar-refractivity contribution in [3.8, 4) is 0 Å². The van der Waals surface area contributed by atoms with E-state index in [1.807, 2.05) is 17.9 Å². The van der Waals surface area contributed by atoms with Gasteiger partial charge in [0.2, 0.25) is 11.9 Å². The molecule has 29 heavy (non-hydrogen) atoms. The van der Waals surface area contributed by atoms with Gasteiger partial charge >= 0.3 is 0 Å². The Balaban J connectivity index is 1.28. The monoisotopic (exact) mass is 394 g/mol. The molecule has 1 unspecified atom stereocenters. The highest BCUT2D eigenvalue weighted by Crippen LogP contribution is 2.22. The Labute approximate surface area is 172 Å². The third-order valence-electron chi connectivity index (χ3n) is 5.77. The number of piperazine rings is 1. The number of rotatable bonds is 5. The lowest BCUT2D eigenvalue weighted by atomic mass is 10.1. The molecule has 7 nitrogen and oxygen atoms in total. The summed E-state index contributed by atoms with van der Waals surface area (Å²) in [6, 6.07) is 10.0. The number of piperidine rings is 1. The SMILES string of the molecule is CC(Nc1ccc(N2CCCCC2)cc1)C(=O)N1CCN(c2ncccn2)CC1. The van der Waals surface area contributed by atoms with E-state index in [0.717, 1.165) is 37.8 Å². The van der Waals surface area contributed by atoms with Gasteiger partial charge in [-0.05, 0) is 56.5 Å². The van der Waals surface area contributed by atoms with Crippen molar-refractivity contribution in [2.24, 2.45) is 0 Å². The quantitative estimate of drug-likeness (QED) is 0.841. The fourth-order valence-corrected chi connectivity index (χ4v) is 4.09. The normalized spacial score (nSPS) is 18.4. The first kappa shape index (κ1) is 19.5. The maximum atomic E-state index is 12.9. The Morgan fingerprint density at radius 2 is 1.55 bits per heavy atom. The largest absolute Gasteiger partial charge is 0.374 e. The Bertz CT molecular complexity index is 783. The molecule has 4 rings (SSSR count). The molecule has 1 atom stereocenters. The van der Waals surface area contributed by atoms with Crippen molar-refractivity contribution in [2.45, 2.75) is 32.2 Å². The molecule has 2 saturated heterocycles. The van der Waals surface area contributed by atoms with E-state index in [1.54, 1.807) is 12.4 Å². The van der Waals surface area contributed by atoms with Gasteiger partial charge in [-0.2, -0.15) is 0 Å². The number of carbonyl (C=O) groups excluding carboxylic acids is 1. The topological polar surface area (TPSA) is 64.6 Å². The molecule has 0 spiro atoms. The molecule has 1 N–H and O–H groups in total. The summed E-state index contributed by atoms with van der Waals surface area (Å²) in [5.74, 6) is 0.873. The standard InChI is InChI=1S/C22H30N6O/c1-18(25-19-6-8-20(9-7-19)26-12-3-2-4-13-26)21(29)27-14-16-28(17-15-27)22-23-10-5-11-24-22/h5-11,18,25H,2-4,12-17H2,1H3. The van der Waals surface area contributed by atoms with Gasteiger partial charge in [0.05, 0.1) is 0 Å². The van der Waals surface area contributed by atoms with Crippen LogP contribution in [0.1, 0.15) is 26.2 Å². The summed E-state index contributed by atoms with van der Waals surface area (Å²) in [5.41, 5.74) is 2.26. The molecule has 7 heteroatoms. The Hall–Kier alpha value is -2.83. The summed E-state index contributed by atoms with van der Waals surface area (Å²) >= 11 is 0. The van der Waals surface area contributed by atoms with Gasteiger partial charge in [0.1, 0.15) is 6.04 Å². The highest BCUT2D eigenvalue weighted by atomic mass is 16.2. The molecule has 0 saturated carbocycles. The number of nitrogens with zero attached hydrogens (tertiary/aromatic N) is 5. The van der Waals surface area contributed by atoms with Crippen LogP contribution in [0.3, 0.4) is 0 Å². The molecule has 0 bridgehead atoms. The number of hydrogen-bond acceptors (Lipinski definition) is 6. The molecular formula is C22H30N6O. The average molecular weight is 395 g/mol. The second-order valence-corrected chi connectivity index (χ2v) is 7.82. The van der Waals surface area contributed by atoms with Gasteiger partial charge < -0.3 is 20.0 Å². The molecule has 1 aromatic heterocycles. The summed E-state index contributed by atoms with van der Waals surface area (Å²) in [4.78, 5) is 28.0. The second-order valence-electron chi connectivity index (χ2n) is 7.82. The maximum Gasteiger partial charge on any atom is 0.244 e. The van der Waals surface area contributed by atoms with Crippen LogP contribution in [0.15, 0.2) is 42.7 Å². The molecule has 154 valence electrons. The van der Waals surface area contributed by atoms with Crippen LogP contribution >= 0.6 is 0 Å². The van der Waals surface area contributed by atoms with Gasteiger partial charge in [-0.3, -0.25) is 4.79 Å². The van der Waals surface area contributed by atoms with Crippen LogP contribution in [0.5, 0.6) is 0 Å². The zero-order valence-electron chi connectivity index (χ0n) is 17.1. The van der Waals surface area contributed by atoms with Gasteiger partial charge in [-0.15, -0.1) is 0 Å². The van der Waals surface area contributed by atoms with Gasteiger partial charge in [-0.25, -0.2) is 9.97 Å². The fourth-order valence-electron chi connectivity index (χ4n) is 4.09. The molecular weight excluding hydrogens is 364 g/mol. The van der Waals surface area contributed by atoms with E-state index >= 15 is 0 Å². The molecule has 0 aliphatic carbocycles. The molecule has 2 fully saturated rings. The number of aromatic nitrogens is 2. The number of benzene rings is 1. The highest BCUT2D eigenvalue weighted by molar-refractivity contribution is 5.84. The van der Waals surface area contributed by atoms with E-state index in [4.69, 9.17) is 0 Å². The van der Waals surface area contributed by atoms with Crippen LogP contribution in [0, 0.1) is 0 Å². The van der Waals surface area contributed by atoms with Crippen molar-refractivity contribution in [1.29, 1.82) is 0 Å². The zero-order chi connectivity index (χ0) is 20.1. The number of anilines is 3. The lowest BCUT2D eigenvalue weighted by Gasteiger charge is -2.36. The van der Waals surface area contributed by atoms with E-state index in [-0.39, 0.29) is 11.9 Å². The lowest BCUT2D eigenvalue weighted by molar-refractivity contribution is -0.131. The second kappa shape index (κ2) is 9.11. The van der Waals surface area contributed by atoms with Crippen molar-refractivity contribution in [1.82, 2.24) is 14.9 Å². The van der Waals surface area contributed by atoms with Gasteiger partial charge in [0.25, 0.3) is 0 Å². The average Bonchev–Trinajstić information content (AvgIpc) is 2.80. The van der Waals surface area contributed by atoms with E-state index in [1.165, 1.54) is 24.9 Å². The van der Waals surface area contributed by atoms with Crippen LogP contribution in [-0.2, 0) is 4.79 Å². The Morgan fingerprint density at radius 3 is 2.21 bits per heavy atom. The van der Waals surface area contributed by atoms with E-state index in [9.17, 15) is 4.79 Å². The lowest BCUT2D eigenvalue weighted by Crippen LogP contribution is -2.52. The van der Waals surface area contributed by atoms with Crippen LogP contribution in [0.2, 0.25) is 0 Å². The third-order valence-corrected chi connectivity index (χ3v) is 5.77. The first-order valence-corrected chi connectivity index (χ1v) is 10.6. The molecule has 2 aliphatic rings. The summed E-state index contributed by atoms with van der Waals surface area (Å²) in [6.07, 6.45) is 7.39. The van der Waals surface area contributed by atoms with Gasteiger partial charge in [0.15, 0.2) is 0 Å².